The third-order valence-electron chi connectivity index (χ3n) is 4.62. The van der Waals surface area contributed by atoms with Crippen LogP contribution in [0.2, 0.25) is 39.3 Å². The second-order valence-electron chi connectivity index (χ2n) is 8.86. The fourth-order valence-electron chi connectivity index (χ4n) is 3.41. The summed E-state index contributed by atoms with van der Waals surface area (Å²) < 4.78 is 3.80. The van der Waals surface area contributed by atoms with Crippen molar-refractivity contribution in [1.29, 1.82) is 0 Å². The van der Waals surface area contributed by atoms with E-state index in [0.717, 1.165) is 0 Å². The van der Waals surface area contributed by atoms with E-state index < -0.39 is 37.3 Å². The number of hydrogen-bond acceptors (Lipinski definition) is 0. The third-order valence-corrected chi connectivity index (χ3v) is 25.5. The molecule has 0 atom stereocenters. The van der Waals surface area contributed by atoms with Gasteiger partial charge in [-0.2, -0.15) is 0 Å². The predicted molar refractivity (Wildman–Crippen MR) is 131 cm³/mol. The Labute approximate surface area is 201 Å². The first-order valence-corrected chi connectivity index (χ1v) is 18.9. The molecule has 0 nitrogen and oxygen atoms in total. The van der Waals surface area contributed by atoms with Crippen molar-refractivity contribution in [2.75, 3.05) is 0 Å². The molecule has 0 aliphatic carbocycles. The molecule has 0 aromatic heterocycles. The minimum Gasteiger partial charge on any atom is 0 e. The van der Waals surface area contributed by atoms with Crippen LogP contribution in [0.25, 0.3) is 11.1 Å². The van der Waals surface area contributed by atoms with Crippen LogP contribution >= 0.6 is 0 Å². The summed E-state index contributed by atoms with van der Waals surface area (Å²) in [5, 5.41) is 0. The molecule has 1 heterocycles. The molecule has 0 N–H and O–H groups in total. The Balaban J connectivity index is 0.00000182. The minimum absolute atomic E-state index is 0. The zero-order chi connectivity index (χ0) is 18.2. The average molecular weight is 481 g/mol. The summed E-state index contributed by atoms with van der Waals surface area (Å²) in [6.45, 7) is 15.3. The molecule has 1 aliphatic rings. The minimum atomic E-state index is -1.33. The van der Waals surface area contributed by atoms with Crippen LogP contribution in [-0.2, 0) is 0 Å². The normalized spacial score (nSPS) is 14.7. The van der Waals surface area contributed by atoms with Gasteiger partial charge in [-0.1, -0.05) is 0 Å². The molecule has 27 heavy (non-hydrogen) atoms. The molecule has 0 bridgehead atoms. The Morgan fingerprint density at radius 2 is 0.815 bits per heavy atom. The molecule has 0 saturated heterocycles. The van der Waals surface area contributed by atoms with E-state index in [0.29, 0.717) is 0 Å². The molecule has 4 radical (unpaired) electrons. The molecule has 1 aliphatic heterocycles. The van der Waals surface area contributed by atoms with E-state index in [9.17, 15) is 0 Å². The van der Waals surface area contributed by atoms with Crippen molar-refractivity contribution in [3.8, 4) is 0 Å². The maximum absolute atomic E-state index is 2.54. The fourth-order valence-corrected chi connectivity index (χ4v) is 18.1. The first-order chi connectivity index (χ1) is 11.7. The first kappa shape index (κ1) is 25.4. The van der Waals surface area contributed by atoms with E-state index >= 15 is 0 Å². The van der Waals surface area contributed by atoms with Crippen molar-refractivity contribution in [2.45, 2.75) is 39.3 Å². The van der Waals surface area contributed by atoms with Gasteiger partial charge in [-0.15, -0.1) is 0 Å². The molecule has 130 valence electrons. The van der Waals surface area contributed by atoms with Crippen LogP contribution in [-0.4, -0.2) is 75.0 Å². The van der Waals surface area contributed by atoms with Crippen molar-refractivity contribution in [3.63, 3.8) is 0 Å². The Kier molecular flexibility index (Phi) is 9.31. The Morgan fingerprint density at radius 3 is 1.07 bits per heavy atom. The molecule has 0 spiro atoms. The molecule has 5 heteroatoms. The number of allylic oxidation sites excluding steroid dienone is 2. The summed E-state index contributed by atoms with van der Waals surface area (Å²) in [7, 11) is -2.66. The molecular weight excluding hydrogens is 453 g/mol. The monoisotopic (exact) mass is 482 g/mol. The number of hydrogen-bond donors (Lipinski definition) is 0. The summed E-state index contributed by atoms with van der Waals surface area (Å²) >= 11 is -0.680. The maximum Gasteiger partial charge on any atom is 0 e. The Morgan fingerprint density at radius 1 is 0.519 bits per heavy atom. The molecule has 3 rings (SSSR count). The van der Waals surface area contributed by atoms with Gasteiger partial charge in [-0.25, -0.2) is 0 Å². The van der Waals surface area contributed by atoms with E-state index in [4.69, 9.17) is 0 Å². The molecule has 0 saturated carbocycles. The van der Waals surface area contributed by atoms with Crippen LogP contribution in [0.4, 0.5) is 0 Å². The van der Waals surface area contributed by atoms with Crippen LogP contribution in [0.3, 0.4) is 0 Å². The molecule has 2 aromatic rings. The summed E-state index contributed by atoms with van der Waals surface area (Å²) in [6.07, 6.45) is 0. The summed E-state index contributed by atoms with van der Waals surface area (Å²) in [5.41, 5.74) is 6.12. The van der Waals surface area contributed by atoms with Crippen LogP contribution in [0.5, 0.6) is 0 Å². The van der Waals surface area contributed by atoms with Gasteiger partial charge >= 0.3 is 166 Å². The largest absolute Gasteiger partial charge is 0 e. The molecule has 2 aromatic carbocycles. The number of rotatable bonds is 4. The van der Waals surface area contributed by atoms with Gasteiger partial charge in [-0.3, -0.25) is 0 Å². The van der Waals surface area contributed by atoms with Crippen molar-refractivity contribution in [3.05, 3.63) is 78.2 Å². The van der Waals surface area contributed by atoms with Crippen molar-refractivity contribution >= 4 is 86.2 Å². The topological polar surface area (TPSA) is 0 Å². The maximum atomic E-state index is 2.54. The van der Waals surface area contributed by atoms with Crippen LogP contribution in [0.15, 0.2) is 67.1 Å². The van der Waals surface area contributed by atoms with E-state index in [-0.39, 0.29) is 37.7 Å². The van der Waals surface area contributed by atoms with E-state index in [1.165, 1.54) is 11.1 Å². The van der Waals surface area contributed by atoms with Crippen LogP contribution in [0, 0.1) is 0 Å². The first-order valence-electron chi connectivity index (χ1n) is 9.07. The second kappa shape index (κ2) is 9.90. The smallest absolute Gasteiger partial charge is 0 e. The van der Waals surface area contributed by atoms with E-state index in [1.807, 2.05) is 6.42 Å². The molecule has 0 amide bonds. The van der Waals surface area contributed by atoms with Gasteiger partial charge in [0.2, 0.25) is 0 Å². The van der Waals surface area contributed by atoms with Gasteiger partial charge in [-0.05, 0) is 0 Å². The fraction of sp³-hybridized carbons (Fsp3) is 0.273. The third kappa shape index (κ3) is 5.70. The summed E-state index contributed by atoms with van der Waals surface area (Å²) in [5.74, 6) is 0. The quantitative estimate of drug-likeness (QED) is 0.505. The van der Waals surface area contributed by atoms with Gasteiger partial charge < -0.3 is 0 Å². The van der Waals surface area contributed by atoms with Gasteiger partial charge in [0.1, 0.15) is 0 Å². The Hall–Kier alpha value is 0.347. The molecule has 0 fully saturated rings. The van der Waals surface area contributed by atoms with Gasteiger partial charge in [0, 0.05) is 37.7 Å². The number of benzene rings is 2. The van der Waals surface area contributed by atoms with Gasteiger partial charge in [0.25, 0.3) is 0 Å². The van der Waals surface area contributed by atoms with Gasteiger partial charge in [0.15, 0.2) is 0 Å². The second-order valence-corrected chi connectivity index (χ2v) is 25.3. The van der Waals surface area contributed by atoms with Gasteiger partial charge in [0.05, 0.1) is 0 Å². The molecule has 0 unspecified atom stereocenters. The zero-order valence-electron chi connectivity index (χ0n) is 18.3. The zero-order valence-corrected chi connectivity index (χ0v) is 23.1. The summed E-state index contributed by atoms with van der Waals surface area (Å²) in [6, 6.07) is 22.4. The summed E-state index contributed by atoms with van der Waals surface area (Å²) in [4.78, 5) is 0. The SMILES string of the molecule is C[Si](C)(C)[C]1=C(c2ccccc2)C(c2ccccc2)=[C]([Si](C)(C)C)[Sn]1.[Li].[Li]. The standard InChI is InChI=1S/C22H28Si2.2Li.Sn/c1-23(2,3)17-21(19-13-9-7-10-14-19)22(18-24(4,5)6)20-15-11-8-12-16-20;;;/h7-16H,1-6H3;;;. The van der Waals surface area contributed by atoms with Crippen LogP contribution < -0.4 is 0 Å². The van der Waals surface area contributed by atoms with E-state index in [2.05, 4.69) is 99.9 Å². The predicted octanol–water partition coefficient (Wildman–Crippen LogP) is 5.52. The average Bonchev–Trinajstić information content (AvgIpc) is 2.97. The van der Waals surface area contributed by atoms with Crippen molar-refractivity contribution < 1.29 is 0 Å². The molecular formula is C22H28Li2Si2Sn. The van der Waals surface area contributed by atoms with E-state index in [1.54, 1.807) is 11.1 Å². The van der Waals surface area contributed by atoms with Crippen molar-refractivity contribution in [1.82, 2.24) is 0 Å². The van der Waals surface area contributed by atoms with Crippen LogP contribution in [0.1, 0.15) is 11.1 Å². The van der Waals surface area contributed by atoms with Crippen molar-refractivity contribution in [2.24, 2.45) is 0 Å². The Bertz CT molecular complexity index is 759.